The van der Waals surface area contributed by atoms with E-state index in [2.05, 4.69) is 10.2 Å². The van der Waals surface area contributed by atoms with Crippen molar-refractivity contribution in [2.24, 2.45) is 5.73 Å². The Kier molecular flexibility index (Phi) is 3.30. The summed E-state index contributed by atoms with van der Waals surface area (Å²) in [6, 6.07) is 7.62. The Labute approximate surface area is 153 Å². The van der Waals surface area contributed by atoms with Gasteiger partial charge in [-0.3, -0.25) is 14.8 Å². The molecule has 0 bridgehead atoms. The number of fused-ring (bicyclic) bond motifs is 4. The van der Waals surface area contributed by atoms with Crippen molar-refractivity contribution in [2.45, 2.75) is 25.3 Å². The summed E-state index contributed by atoms with van der Waals surface area (Å²) >= 11 is 0. The molecule has 1 aromatic carbocycles. The highest BCUT2D eigenvalue weighted by atomic mass is 16.5. The number of rotatable bonds is 2. The van der Waals surface area contributed by atoms with E-state index in [-0.39, 0.29) is 17.3 Å². The molecular weight excluding hydrogens is 350 g/mol. The molecule has 0 unspecified atom stereocenters. The van der Waals surface area contributed by atoms with E-state index in [0.29, 0.717) is 22.5 Å². The maximum Gasteiger partial charge on any atom is 0.326 e. The van der Waals surface area contributed by atoms with Crippen LogP contribution in [-0.2, 0) is 15.0 Å². The molecule has 9 heteroatoms. The zero-order valence-corrected chi connectivity index (χ0v) is 14.5. The molecule has 3 heterocycles. The van der Waals surface area contributed by atoms with Crippen LogP contribution in [0.1, 0.15) is 23.7 Å². The number of nitrogens with zero attached hydrogens (tertiary/aromatic N) is 3. The van der Waals surface area contributed by atoms with Gasteiger partial charge in [0.2, 0.25) is 17.7 Å². The summed E-state index contributed by atoms with van der Waals surface area (Å²) in [5.74, 6) is -1.88. The summed E-state index contributed by atoms with van der Waals surface area (Å²) in [7, 11) is 0. The van der Waals surface area contributed by atoms with Crippen molar-refractivity contribution in [1.29, 1.82) is 5.26 Å². The number of para-hydroxylation sites is 1. The summed E-state index contributed by atoms with van der Waals surface area (Å²) in [5, 5.41) is 26.2. The lowest BCUT2D eigenvalue weighted by Crippen LogP contribution is -2.50. The standard InChI is InChI=1S/C18H15N5O4/c1-8-13-15(22-21-8)27-14(20)11(7-19)18(13)10-5-3-4-6-12(10)23(17(18)26)9(2)16(24)25/h3-6,9H,20H2,1-2H3,(H,21,22)(H,24,25)/t9-,18-/m1/s1. The number of nitrogens with one attached hydrogen (secondary N) is 1. The van der Waals surface area contributed by atoms with E-state index in [4.69, 9.17) is 10.5 Å². The minimum absolute atomic E-state index is 0.0861. The lowest BCUT2D eigenvalue weighted by atomic mass is 9.69. The molecule has 4 N–H and O–H groups in total. The molecule has 2 aromatic rings. The van der Waals surface area contributed by atoms with Crippen molar-refractivity contribution >= 4 is 17.6 Å². The van der Waals surface area contributed by atoms with E-state index in [1.165, 1.54) is 11.8 Å². The van der Waals surface area contributed by atoms with Crippen LogP contribution in [0.5, 0.6) is 5.88 Å². The molecule has 1 amide bonds. The maximum atomic E-state index is 13.7. The number of aryl methyl sites for hydroxylation is 1. The highest BCUT2D eigenvalue weighted by molar-refractivity contribution is 6.16. The van der Waals surface area contributed by atoms with Crippen LogP contribution in [0.4, 0.5) is 5.69 Å². The number of carboxylic acid groups (broad SMARTS) is 1. The number of aliphatic carboxylic acids is 1. The second kappa shape index (κ2) is 5.35. The van der Waals surface area contributed by atoms with Crippen LogP contribution in [0.15, 0.2) is 35.7 Å². The lowest BCUT2D eigenvalue weighted by Gasteiger charge is -2.33. The molecule has 0 fully saturated rings. The number of carbonyl (C=O) groups is 2. The number of hydrogen-bond donors (Lipinski definition) is 3. The Morgan fingerprint density at radius 2 is 2.19 bits per heavy atom. The predicted octanol–water partition coefficient (Wildman–Crippen LogP) is 0.910. The maximum absolute atomic E-state index is 13.7. The summed E-state index contributed by atoms with van der Waals surface area (Å²) < 4.78 is 5.45. The van der Waals surface area contributed by atoms with Crippen LogP contribution >= 0.6 is 0 Å². The summed E-state index contributed by atoms with van der Waals surface area (Å²) in [4.78, 5) is 26.6. The molecule has 1 spiro atoms. The number of ether oxygens (including phenoxy) is 1. The van der Waals surface area contributed by atoms with Crippen LogP contribution < -0.4 is 15.4 Å². The van der Waals surface area contributed by atoms with Gasteiger partial charge in [-0.1, -0.05) is 18.2 Å². The Bertz CT molecular complexity index is 1080. The third-order valence-corrected chi connectivity index (χ3v) is 5.08. The fourth-order valence-electron chi connectivity index (χ4n) is 3.91. The number of nitrogens with two attached hydrogens (primary N) is 1. The number of H-pyrrole nitrogens is 1. The fourth-order valence-corrected chi connectivity index (χ4v) is 3.91. The first kappa shape index (κ1) is 16.7. The minimum atomic E-state index is -1.61. The predicted molar refractivity (Wildman–Crippen MR) is 92.6 cm³/mol. The lowest BCUT2D eigenvalue weighted by molar-refractivity contribution is -0.139. The number of aromatic amines is 1. The highest BCUT2D eigenvalue weighted by Crippen LogP contribution is 2.55. The van der Waals surface area contributed by atoms with Gasteiger partial charge in [-0.25, -0.2) is 4.79 Å². The first-order valence-corrected chi connectivity index (χ1v) is 8.15. The van der Waals surface area contributed by atoms with Gasteiger partial charge in [-0.05, 0) is 19.9 Å². The van der Waals surface area contributed by atoms with Crippen LogP contribution in [0, 0.1) is 18.3 Å². The second-order valence-corrected chi connectivity index (χ2v) is 6.44. The molecule has 27 heavy (non-hydrogen) atoms. The van der Waals surface area contributed by atoms with Crippen molar-refractivity contribution in [3.8, 4) is 11.9 Å². The van der Waals surface area contributed by atoms with Gasteiger partial charge in [0, 0.05) is 16.9 Å². The molecule has 2 aliphatic rings. The second-order valence-electron chi connectivity index (χ2n) is 6.44. The van der Waals surface area contributed by atoms with Crippen molar-refractivity contribution in [1.82, 2.24) is 10.2 Å². The van der Waals surface area contributed by atoms with Crippen molar-refractivity contribution in [2.75, 3.05) is 4.90 Å². The number of anilines is 1. The highest BCUT2D eigenvalue weighted by Gasteiger charge is 2.61. The van der Waals surface area contributed by atoms with Gasteiger partial charge >= 0.3 is 5.97 Å². The number of carboxylic acids is 1. The number of benzene rings is 1. The topological polar surface area (TPSA) is 145 Å². The van der Waals surface area contributed by atoms with Gasteiger partial charge in [0.05, 0.1) is 5.56 Å². The molecule has 1 aromatic heterocycles. The third-order valence-electron chi connectivity index (χ3n) is 5.08. The molecule has 0 aliphatic carbocycles. The van der Waals surface area contributed by atoms with Crippen LogP contribution in [-0.4, -0.2) is 33.2 Å². The number of aromatic nitrogens is 2. The van der Waals surface area contributed by atoms with E-state index in [0.717, 1.165) is 0 Å². The summed E-state index contributed by atoms with van der Waals surface area (Å²) in [6.07, 6.45) is 0. The van der Waals surface area contributed by atoms with Crippen LogP contribution in [0.2, 0.25) is 0 Å². The normalized spacial score (nSPS) is 21.5. The van der Waals surface area contributed by atoms with E-state index in [1.807, 2.05) is 6.07 Å². The average molecular weight is 365 g/mol. The Balaban J connectivity index is 2.14. The van der Waals surface area contributed by atoms with Gasteiger partial charge in [0.1, 0.15) is 23.1 Å². The molecule has 4 rings (SSSR count). The number of hydrogen-bond acceptors (Lipinski definition) is 6. The van der Waals surface area contributed by atoms with Gasteiger partial charge < -0.3 is 15.6 Å². The molecule has 0 saturated carbocycles. The Morgan fingerprint density at radius 3 is 2.85 bits per heavy atom. The van der Waals surface area contributed by atoms with Gasteiger partial charge in [0.15, 0.2) is 0 Å². The van der Waals surface area contributed by atoms with E-state index < -0.39 is 23.3 Å². The summed E-state index contributed by atoms with van der Waals surface area (Å²) in [5.41, 5.74) is 6.04. The van der Waals surface area contributed by atoms with Crippen molar-refractivity contribution in [3.63, 3.8) is 0 Å². The monoisotopic (exact) mass is 365 g/mol. The quantitative estimate of drug-likeness (QED) is 0.717. The van der Waals surface area contributed by atoms with Gasteiger partial charge in [-0.2, -0.15) is 5.26 Å². The molecule has 0 radical (unpaired) electrons. The van der Waals surface area contributed by atoms with Gasteiger partial charge in [-0.15, -0.1) is 5.10 Å². The molecular formula is C18H15N5O4. The van der Waals surface area contributed by atoms with Crippen molar-refractivity contribution < 1.29 is 19.4 Å². The Hall–Kier alpha value is -3.80. The first-order chi connectivity index (χ1) is 12.9. The minimum Gasteiger partial charge on any atom is -0.480 e. The van der Waals surface area contributed by atoms with Crippen LogP contribution in [0.3, 0.4) is 0 Å². The summed E-state index contributed by atoms with van der Waals surface area (Å²) in [6.45, 7) is 3.12. The first-order valence-electron chi connectivity index (χ1n) is 8.15. The average Bonchev–Trinajstić information content (AvgIpc) is 3.12. The smallest absolute Gasteiger partial charge is 0.326 e. The number of carbonyl (C=O) groups excluding carboxylic acids is 1. The molecule has 136 valence electrons. The van der Waals surface area contributed by atoms with E-state index in [9.17, 15) is 20.0 Å². The zero-order chi connectivity index (χ0) is 19.5. The third kappa shape index (κ3) is 1.84. The largest absolute Gasteiger partial charge is 0.480 e. The Morgan fingerprint density at radius 1 is 1.48 bits per heavy atom. The van der Waals surface area contributed by atoms with Crippen molar-refractivity contribution in [3.05, 3.63) is 52.5 Å². The van der Waals surface area contributed by atoms with Crippen LogP contribution in [0.25, 0.3) is 0 Å². The molecule has 0 saturated heterocycles. The molecule has 2 aliphatic heterocycles. The number of amides is 1. The number of nitriles is 1. The van der Waals surface area contributed by atoms with E-state index in [1.54, 1.807) is 31.2 Å². The zero-order valence-electron chi connectivity index (χ0n) is 14.5. The fraction of sp³-hybridized carbons (Fsp3) is 0.222. The molecule has 2 atom stereocenters. The van der Waals surface area contributed by atoms with Gasteiger partial charge in [0.25, 0.3) is 0 Å². The van der Waals surface area contributed by atoms with E-state index >= 15 is 0 Å². The molecule has 9 nitrogen and oxygen atoms in total. The SMILES string of the molecule is Cc1[nH]nc2c1[C@]1(C(=O)N([C@H](C)C(=O)O)c3ccccc31)C(C#N)=C(N)O2.